The van der Waals surface area contributed by atoms with E-state index in [0.29, 0.717) is 24.1 Å². The van der Waals surface area contributed by atoms with Crippen LogP contribution in [0.5, 0.6) is 0 Å². The Kier molecular flexibility index (Phi) is 9.69. The first kappa shape index (κ1) is 24.3. The highest BCUT2D eigenvalue weighted by Crippen LogP contribution is 2.16. The zero-order chi connectivity index (χ0) is 20.5. The van der Waals surface area contributed by atoms with Gasteiger partial charge >= 0.3 is 0 Å². The lowest BCUT2D eigenvalue weighted by Crippen LogP contribution is -3.00. The van der Waals surface area contributed by atoms with Crippen LogP contribution in [0.15, 0.2) is 60.7 Å². The first-order chi connectivity index (χ1) is 14.0. The number of nitrogens with zero attached hydrogens (tertiary/aromatic N) is 2. The third-order valence-electron chi connectivity index (χ3n) is 5.20. The monoisotopic (exact) mass is 447 g/mol. The molecule has 2 amide bonds. The number of benzene rings is 2. The maximum atomic E-state index is 12.6. The Bertz CT molecular complexity index is 807. The van der Waals surface area contributed by atoms with E-state index in [4.69, 9.17) is 0 Å². The highest BCUT2D eigenvalue weighted by Gasteiger charge is 2.35. The molecule has 3 rings (SSSR count). The van der Waals surface area contributed by atoms with Crippen molar-refractivity contribution in [3.05, 3.63) is 71.8 Å². The van der Waals surface area contributed by atoms with E-state index in [1.165, 1.54) is 11.1 Å². The number of hydrogen-bond donors (Lipinski definition) is 1. The molecule has 0 bridgehead atoms. The first-order valence-corrected chi connectivity index (χ1v) is 11.2. The number of halogens is 1. The second kappa shape index (κ2) is 12.0. The molecule has 0 radical (unpaired) electrons. The van der Waals surface area contributed by atoms with Crippen LogP contribution in [0.4, 0.5) is 0 Å². The molecule has 0 saturated carbocycles. The van der Waals surface area contributed by atoms with Crippen LogP contribution in [0, 0.1) is 0 Å². The van der Waals surface area contributed by atoms with E-state index in [-0.39, 0.29) is 30.8 Å². The first-order valence-electron chi connectivity index (χ1n) is 10.1. The summed E-state index contributed by atoms with van der Waals surface area (Å²) in [5, 5.41) is 2.94. The smallest absolute Gasteiger partial charge is 0.278 e. The standard InChI is InChI=1S/C23H29N3O2S.ClH/c1-26(17-20-8-4-2-5-9-20)14-13-25(23(28)18-26)16-22(27)24-12-15-29-19-21-10-6-3-7-11-21;/h2-11H,12-19H2,1H3;1H. The maximum absolute atomic E-state index is 12.6. The van der Waals surface area contributed by atoms with Gasteiger partial charge in [-0.3, -0.25) is 9.59 Å². The van der Waals surface area contributed by atoms with Gasteiger partial charge in [-0.05, 0) is 5.56 Å². The van der Waals surface area contributed by atoms with Crippen LogP contribution in [-0.2, 0) is 21.9 Å². The van der Waals surface area contributed by atoms with Crippen LogP contribution in [-0.4, -0.2) is 66.7 Å². The number of likely N-dealkylation sites (N-methyl/N-ethyl adjacent to an activating group) is 1. The molecule has 1 saturated heterocycles. The predicted octanol–water partition coefficient (Wildman–Crippen LogP) is -0.471. The van der Waals surface area contributed by atoms with Gasteiger partial charge in [0, 0.05) is 23.6 Å². The number of piperazine rings is 1. The highest BCUT2D eigenvalue weighted by atomic mass is 35.5. The summed E-state index contributed by atoms with van der Waals surface area (Å²) in [6.45, 7) is 3.55. The largest absolute Gasteiger partial charge is 1.00 e. The number of hydrogen-bond acceptors (Lipinski definition) is 3. The molecular formula is C23H30ClN3O2S. The molecule has 0 aromatic heterocycles. The van der Waals surface area contributed by atoms with E-state index in [9.17, 15) is 9.59 Å². The molecule has 1 heterocycles. The Balaban J connectivity index is 0.00000320. The Morgan fingerprint density at radius 2 is 1.70 bits per heavy atom. The third-order valence-corrected chi connectivity index (χ3v) is 6.23. The van der Waals surface area contributed by atoms with Gasteiger partial charge in [0.15, 0.2) is 6.54 Å². The zero-order valence-electron chi connectivity index (χ0n) is 17.4. The normalized spacial score (nSPS) is 18.6. The van der Waals surface area contributed by atoms with Crippen LogP contribution in [0.3, 0.4) is 0 Å². The van der Waals surface area contributed by atoms with Gasteiger partial charge in [-0.15, -0.1) is 0 Å². The second-order valence-corrected chi connectivity index (χ2v) is 8.95. The van der Waals surface area contributed by atoms with Crippen molar-refractivity contribution in [3.8, 4) is 0 Å². The molecule has 7 heteroatoms. The molecule has 0 spiro atoms. The lowest BCUT2D eigenvalue weighted by atomic mass is 10.1. The minimum Gasteiger partial charge on any atom is -1.00 e. The van der Waals surface area contributed by atoms with Crippen LogP contribution >= 0.6 is 11.8 Å². The quantitative estimate of drug-likeness (QED) is 0.417. The average molecular weight is 448 g/mol. The van der Waals surface area contributed by atoms with Crippen molar-refractivity contribution < 1.29 is 26.5 Å². The van der Waals surface area contributed by atoms with Crippen molar-refractivity contribution in [1.29, 1.82) is 0 Å². The summed E-state index contributed by atoms with van der Waals surface area (Å²) in [5.74, 6) is 1.79. The Labute approximate surface area is 189 Å². The molecule has 5 nitrogen and oxygen atoms in total. The fourth-order valence-electron chi connectivity index (χ4n) is 3.57. The van der Waals surface area contributed by atoms with Crippen molar-refractivity contribution >= 4 is 23.6 Å². The van der Waals surface area contributed by atoms with Gasteiger partial charge in [-0.25, -0.2) is 0 Å². The van der Waals surface area contributed by atoms with Crippen LogP contribution in [0.1, 0.15) is 11.1 Å². The Hall–Kier alpha value is -2.02. The molecule has 1 N–H and O–H groups in total. The summed E-state index contributed by atoms with van der Waals surface area (Å²) in [4.78, 5) is 26.5. The lowest BCUT2D eigenvalue weighted by molar-refractivity contribution is -0.917. The molecule has 2 aromatic rings. The van der Waals surface area contributed by atoms with Gasteiger partial charge < -0.3 is 27.1 Å². The lowest BCUT2D eigenvalue weighted by Gasteiger charge is -2.41. The fraction of sp³-hybridized carbons (Fsp3) is 0.391. The summed E-state index contributed by atoms with van der Waals surface area (Å²) in [5.41, 5.74) is 2.53. The average Bonchev–Trinajstić information content (AvgIpc) is 2.71. The number of thioether (sulfide) groups is 1. The fourth-order valence-corrected chi connectivity index (χ4v) is 4.39. The van der Waals surface area contributed by atoms with Crippen molar-refractivity contribution in [1.82, 2.24) is 10.2 Å². The van der Waals surface area contributed by atoms with Crippen LogP contribution in [0.25, 0.3) is 0 Å². The molecule has 1 fully saturated rings. The van der Waals surface area contributed by atoms with Crippen molar-refractivity contribution in [2.24, 2.45) is 0 Å². The molecule has 162 valence electrons. The van der Waals surface area contributed by atoms with Crippen molar-refractivity contribution in [2.75, 3.05) is 45.5 Å². The van der Waals surface area contributed by atoms with Gasteiger partial charge in [0.2, 0.25) is 5.91 Å². The molecule has 1 unspecified atom stereocenters. The molecular weight excluding hydrogens is 418 g/mol. The SMILES string of the molecule is C[N+]1(Cc2ccccc2)CCN(CC(=O)NCCSCc2ccccc2)C(=O)C1.[Cl-]. The van der Waals surface area contributed by atoms with Gasteiger partial charge in [0.05, 0.1) is 26.7 Å². The Morgan fingerprint density at radius 1 is 1.07 bits per heavy atom. The molecule has 2 aromatic carbocycles. The maximum Gasteiger partial charge on any atom is 0.278 e. The number of rotatable bonds is 9. The molecule has 1 atom stereocenters. The highest BCUT2D eigenvalue weighted by molar-refractivity contribution is 7.98. The van der Waals surface area contributed by atoms with Crippen LogP contribution in [0.2, 0.25) is 0 Å². The van der Waals surface area contributed by atoms with Gasteiger partial charge in [-0.1, -0.05) is 60.7 Å². The van der Waals surface area contributed by atoms with E-state index < -0.39 is 0 Å². The number of carbonyl (C=O) groups is 2. The molecule has 1 aliphatic heterocycles. The van der Waals surface area contributed by atoms with Gasteiger partial charge in [0.25, 0.3) is 5.91 Å². The van der Waals surface area contributed by atoms with Gasteiger partial charge in [-0.2, -0.15) is 11.8 Å². The Morgan fingerprint density at radius 3 is 2.33 bits per heavy atom. The minimum atomic E-state index is -0.0715. The van der Waals surface area contributed by atoms with Crippen molar-refractivity contribution in [3.63, 3.8) is 0 Å². The van der Waals surface area contributed by atoms with Gasteiger partial charge in [0.1, 0.15) is 6.54 Å². The predicted molar refractivity (Wildman–Crippen MR) is 118 cm³/mol. The topological polar surface area (TPSA) is 49.4 Å². The summed E-state index contributed by atoms with van der Waals surface area (Å²) in [7, 11) is 2.12. The van der Waals surface area contributed by atoms with Crippen molar-refractivity contribution in [2.45, 2.75) is 12.3 Å². The molecule has 1 aliphatic rings. The minimum absolute atomic E-state index is 0. The van der Waals surface area contributed by atoms with E-state index in [0.717, 1.165) is 24.6 Å². The van der Waals surface area contributed by atoms with E-state index in [1.54, 1.807) is 16.7 Å². The second-order valence-electron chi connectivity index (χ2n) is 7.85. The van der Waals surface area contributed by atoms with E-state index >= 15 is 0 Å². The van der Waals surface area contributed by atoms with E-state index in [2.05, 4.69) is 36.6 Å². The molecule has 30 heavy (non-hydrogen) atoms. The summed E-state index contributed by atoms with van der Waals surface area (Å²) in [6, 6.07) is 20.6. The third kappa shape index (κ3) is 7.67. The summed E-state index contributed by atoms with van der Waals surface area (Å²) >= 11 is 1.80. The number of carbonyl (C=O) groups excluding carboxylic acids is 2. The summed E-state index contributed by atoms with van der Waals surface area (Å²) < 4.78 is 0.692. The van der Waals surface area contributed by atoms with E-state index in [1.807, 2.05) is 36.4 Å². The number of amides is 2. The van der Waals surface area contributed by atoms with Crippen LogP contribution < -0.4 is 17.7 Å². The molecule has 0 aliphatic carbocycles. The summed E-state index contributed by atoms with van der Waals surface area (Å²) in [6.07, 6.45) is 0. The zero-order valence-corrected chi connectivity index (χ0v) is 19.0. The number of nitrogens with one attached hydrogen (secondary N) is 1. The number of quaternary nitrogens is 1.